The molecule has 1 atom stereocenters. The van der Waals surface area contributed by atoms with Crippen LogP contribution in [-0.4, -0.2) is 42.0 Å². The maximum Gasteiger partial charge on any atom is 0.251 e. The molecular weight excluding hydrogens is 400 g/mol. The van der Waals surface area contributed by atoms with Crippen LogP contribution >= 0.6 is 0 Å². The van der Waals surface area contributed by atoms with E-state index in [2.05, 4.69) is 6.07 Å². The van der Waals surface area contributed by atoms with Gasteiger partial charge in [-0.25, -0.2) is 0 Å². The van der Waals surface area contributed by atoms with E-state index in [0.717, 1.165) is 27.8 Å². The Kier molecular flexibility index (Phi) is 6.37. The number of carbonyl (C=O) groups is 2. The van der Waals surface area contributed by atoms with Crippen molar-refractivity contribution in [2.24, 2.45) is 5.73 Å². The minimum atomic E-state index is -1.24. The summed E-state index contributed by atoms with van der Waals surface area (Å²) in [4.78, 5) is 27.2. The number of rotatable bonds is 6. The zero-order valence-corrected chi connectivity index (χ0v) is 18.3. The number of nitrogens with zero attached hydrogens (tertiary/aromatic N) is 1. The lowest BCUT2D eigenvalue weighted by atomic mass is 9.90. The van der Waals surface area contributed by atoms with Crippen molar-refractivity contribution in [3.8, 4) is 11.1 Å². The Labute approximate surface area is 188 Å². The van der Waals surface area contributed by atoms with E-state index >= 15 is 0 Å². The standard InChI is InChI=1S/C27H28N2O3/c1-20-10-12-21(13-11-20)17-25(30)29-14-15-32-27(19-29,26(28)31)18-22-6-5-9-24(16-22)23-7-3-2-4-8-23/h2-13,16H,14-15,17-19H2,1H3,(H2,28,31). The molecular formula is C27H28N2O3. The van der Waals surface area contributed by atoms with Crippen LogP contribution in [0.3, 0.4) is 0 Å². The Bertz CT molecular complexity index is 1100. The fourth-order valence-electron chi connectivity index (χ4n) is 4.15. The fraction of sp³-hybridized carbons (Fsp3) is 0.259. The monoisotopic (exact) mass is 428 g/mol. The average molecular weight is 429 g/mol. The maximum atomic E-state index is 13.0. The summed E-state index contributed by atoms with van der Waals surface area (Å²) >= 11 is 0. The summed E-state index contributed by atoms with van der Waals surface area (Å²) in [6.07, 6.45) is 0.607. The number of aryl methyl sites for hydroxylation is 1. The van der Waals surface area contributed by atoms with Gasteiger partial charge in [-0.05, 0) is 29.2 Å². The van der Waals surface area contributed by atoms with Crippen molar-refractivity contribution in [2.75, 3.05) is 19.7 Å². The molecule has 1 saturated heterocycles. The first-order valence-electron chi connectivity index (χ1n) is 10.9. The quantitative estimate of drug-likeness (QED) is 0.653. The summed E-state index contributed by atoms with van der Waals surface area (Å²) in [7, 11) is 0. The third-order valence-corrected chi connectivity index (χ3v) is 5.99. The largest absolute Gasteiger partial charge is 0.367 e. The molecule has 0 spiro atoms. The highest BCUT2D eigenvalue weighted by atomic mass is 16.5. The Balaban J connectivity index is 1.52. The van der Waals surface area contributed by atoms with Crippen LogP contribution in [0.1, 0.15) is 16.7 Å². The molecule has 1 unspecified atom stereocenters. The van der Waals surface area contributed by atoms with E-state index in [1.54, 1.807) is 4.90 Å². The first-order chi connectivity index (χ1) is 15.4. The molecule has 4 rings (SSSR count). The first kappa shape index (κ1) is 21.8. The lowest BCUT2D eigenvalue weighted by Crippen LogP contribution is -2.61. The van der Waals surface area contributed by atoms with Crippen molar-refractivity contribution in [2.45, 2.75) is 25.4 Å². The molecule has 0 aromatic heterocycles. The van der Waals surface area contributed by atoms with Crippen molar-refractivity contribution >= 4 is 11.8 Å². The van der Waals surface area contributed by atoms with Gasteiger partial charge in [0.25, 0.3) is 5.91 Å². The topological polar surface area (TPSA) is 72.6 Å². The van der Waals surface area contributed by atoms with E-state index in [1.807, 2.05) is 79.7 Å². The van der Waals surface area contributed by atoms with Crippen molar-refractivity contribution in [3.63, 3.8) is 0 Å². The van der Waals surface area contributed by atoms with Gasteiger partial charge in [0.2, 0.25) is 5.91 Å². The molecule has 2 N–H and O–H groups in total. The zero-order chi connectivity index (χ0) is 22.6. The third kappa shape index (κ3) is 4.89. The second kappa shape index (κ2) is 9.37. The molecule has 1 fully saturated rings. The summed E-state index contributed by atoms with van der Waals surface area (Å²) in [5.74, 6) is -0.573. The summed E-state index contributed by atoms with van der Waals surface area (Å²) in [5, 5.41) is 0. The van der Waals surface area contributed by atoms with Crippen LogP contribution in [0, 0.1) is 6.92 Å². The van der Waals surface area contributed by atoms with Crippen LogP contribution in [0.2, 0.25) is 0 Å². The van der Waals surface area contributed by atoms with Crippen LogP contribution in [0.15, 0.2) is 78.9 Å². The minimum absolute atomic E-state index is 0.0270. The van der Waals surface area contributed by atoms with Crippen LogP contribution in [0.5, 0.6) is 0 Å². The van der Waals surface area contributed by atoms with Gasteiger partial charge in [-0.1, -0.05) is 84.4 Å². The number of carbonyl (C=O) groups excluding carboxylic acids is 2. The predicted octanol–water partition coefficient (Wildman–Crippen LogP) is 3.53. The maximum absolute atomic E-state index is 13.0. The van der Waals surface area contributed by atoms with Gasteiger partial charge in [0, 0.05) is 13.0 Å². The fourth-order valence-corrected chi connectivity index (χ4v) is 4.15. The Morgan fingerprint density at radius 3 is 2.38 bits per heavy atom. The summed E-state index contributed by atoms with van der Waals surface area (Å²) in [6, 6.07) is 26.0. The zero-order valence-electron chi connectivity index (χ0n) is 18.3. The predicted molar refractivity (Wildman–Crippen MR) is 125 cm³/mol. The molecule has 3 aromatic rings. The average Bonchev–Trinajstić information content (AvgIpc) is 2.81. The van der Waals surface area contributed by atoms with E-state index in [4.69, 9.17) is 10.5 Å². The molecule has 1 aliphatic rings. The molecule has 3 aromatic carbocycles. The molecule has 1 aliphatic heterocycles. The van der Waals surface area contributed by atoms with Gasteiger partial charge in [0.05, 0.1) is 19.6 Å². The number of nitrogens with two attached hydrogens (primary N) is 1. The van der Waals surface area contributed by atoms with Gasteiger partial charge >= 0.3 is 0 Å². The Hall–Kier alpha value is -3.44. The number of hydrogen-bond acceptors (Lipinski definition) is 3. The van der Waals surface area contributed by atoms with E-state index < -0.39 is 11.5 Å². The van der Waals surface area contributed by atoms with Gasteiger partial charge in [-0.2, -0.15) is 0 Å². The highest BCUT2D eigenvalue weighted by molar-refractivity contribution is 5.86. The van der Waals surface area contributed by atoms with Crippen molar-refractivity contribution in [1.29, 1.82) is 0 Å². The highest BCUT2D eigenvalue weighted by Gasteiger charge is 2.43. The Morgan fingerprint density at radius 2 is 1.66 bits per heavy atom. The number of primary amides is 1. The van der Waals surface area contributed by atoms with E-state index in [1.165, 1.54) is 0 Å². The number of ether oxygens (including phenoxy) is 1. The number of morpholine rings is 1. The molecule has 0 saturated carbocycles. The van der Waals surface area contributed by atoms with Crippen molar-refractivity contribution < 1.29 is 14.3 Å². The number of amides is 2. The van der Waals surface area contributed by atoms with E-state index in [-0.39, 0.29) is 19.1 Å². The molecule has 0 radical (unpaired) electrons. The van der Waals surface area contributed by atoms with Crippen LogP contribution in [-0.2, 0) is 27.2 Å². The third-order valence-electron chi connectivity index (χ3n) is 5.99. The SMILES string of the molecule is Cc1ccc(CC(=O)N2CCOC(Cc3cccc(-c4ccccc4)c3)(C(N)=O)C2)cc1. The smallest absolute Gasteiger partial charge is 0.251 e. The van der Waals surface area contributed by atoms with Gasteiger partial charge < -0.3 is 15.4 Å². The molecule has 0 aliphatic carbocycles. The second-order valence-electron chi connectivity index (χ2n) is 8.43. The number of hydrogen-bond donors (Lipinski definition) is 1. The molecule has 0 bridgehead atoms. The lowest BCUT2D eigenvalue weighted by molar-refractivity contribution is -0.163. The number of benzene rings is 3. The van der Waals surface area contributed by atoms with E-state index in [9.17, 15) is 9.59 Å². The van der Waals surface area contributed by atoms with Gasteiger partial charge in [0.1, 0.15) is 0 Å². The minimum Gasteiger partial charge on any atom is -0.367 e. The molecule has 164 valence electrons. The highest BCUT2D eigenvalue weighted by Crippen LogP contribution is 2.27. The molecule has 2 amide bonds. The molecule has 5 heteroatoms. The molecule has 1 heterocycles. The van der Waals surface area contributed by atoms with Crippen molar-refractivity contribution in [1.82, 2.24) is 4.90 Å². The normalized spacial score (nSPS) is 18.3. The molecule has 32 heavy (non-hydrogen) atoms. The van der Waals surface area contributed by atoms with Crippen LogP contribution in [0.25, 0.3) is 11.1 Å². The lowest BCUT2D eigenvalue weighted by Gasteiger charge is -2.41. The van der Waals surface area contributed by atoms with Gasteiger partial charge in [-0.15, -0.1) is 0 Å². The van der Waals surface area contributed by atoms with Crippen LogP contribution in [0.4, 0.5) is 0 Å². The first-order valence-corrected chi connectivity index (χ1v) is 10.9. The summed E-state index contributed by atoms with van der Waals surface area (Å²) in [5.41, 5.74) is 9.79. The van der Waals surface area contributed by atoms with Gasteiger partial charge in [0.15, 0.2) is 5.60 Å². The van der Waals surface area contributed by atoms with Crippen molar-refractivity contribution in [3.05, 3.63) is 95.6 Å². The van der Waals surface area contributed by atoms with Gasteiger partial charge in [-0.3, -0.25) is 9.59 Å². The molecule has 5 nitrogen and oxygen atoms in total. The summed E-state index contributed by atoms with van der Waals surface area (Å²) in [6.45, 7) is 2.90. The second-order valence-corrected chi connectivity index (χ2v) is 8.43. The van der Waals surface area contributed by atoms with Crippen LogP contribution < -0.4 is 5.73 Å². The van der Waals surface area contributed by atoms with E-state index in [0.29, 0.717) is 19.4 Å². The Morgan fingerprint density at radius 1 is 0.938 bits per heavy atom. The summed E-state index contributed by atoms with van der Waals surface area (Å²) < 4.78 is 5.95.